The van der Waals surface area contributed by atoms with Gasteiger partial charge in [-0.2, -0.15) is 0 Å². The van der Waals surface area contributed by atoms with Crippen LogP contribution in [0.25, 0.3) is 10.9 Å². The molecule has 5 heteroatoms. The number of nitrogens with zero attached hydrogens (tertiary/aromatic N) is 2. The van der Waals surface area contributed by atoms with Crippen molar-refractivity contribution in [3.05, 3.63) is 78.0 Å². The zero-order valence-electron chi connectivity index (χ0n) is 19.4. The Balaban J connectivity index is 1.20. The Hall–Kier alpha value is -3.05. The van der Waals surface area contributed by atoms with E-state index in [0.717, 1.165) is 50.2 Å². The molecule has 0 radical (unpaired) electrons. The number of methoxy groups -OCH3 is 1. The topological polar surface area (TPSA) is 48.6 Å². The van der Waals surface area contributed by atoms with Crippen LogP contribution in [0.15, 0.2) is 66.9 Å². The highest BCUT2D eigenvalue weighted by Gasteiger charge is 2.34. The highest BCUT2D eigenvalue weighted by molar-refractivity contribution is 5.80. The second-order valence-corrected chi connectivity index (χ2v) is 9.40. The minimum Gasteiger partial charge on any atom is -0.497 e. The maximum absolute atomic E-state index is 13.5. The lowest BCUT2D eigenvalue weighted by atomic mass is 9.81. The first-order chi connectivity index (χ1) is 16.2. The van der Waals surface area contributed by atoms with E-state index in [1.54, 1.807) is 7.11 Å². The number of H-pyrrole nitrogens is 1. The molecule has 1 aromatic heterocycles. The largest absolute Gasteiger partial charge is 0.497 e. The fourth-order valence-electron chi connectivity index (χ4n) is 5.37. The van der Waals surface area contributed by atoms with Gasteiger partial charge < -0.3 is 14.6 Å². The van der Waals surface area contributed by atoms with E-state index in [0.29, 0.717) is 24.9 Å². The third-order valence-corrected chi connectivity index (χ3v) is 7.24. The number of allylic oxidation sites excluding steroid dienone is 1. The van der Waals surface area contributed by atoms with Crippen LogP contribution in [0.1, 0.15) is 30.4 Å². The number of likely N-dealkylation sites (tertiary alicyclic amines) is 1. The number of hydrogen-bond donors (Lipinski definition) is 1. The summed E-state index contributed by atoms with van der Waals surface area (Å²) < 4.78 is 5.36. The number of piperidine rings is 1. The number of ether oxygens (including phenoxy) is 1. The molecule has 2 aliphatic heterocycles. The van der Waals surface area contributed by atoms with Crippen LogP contribution in [-0.4, -0.2) is 47.4 Å². The van der Waals surface area contributed by atoms with Crippen molar-refractivity contribution in [1.29, 1.82) is 0 Å². The average molecular weight is 444 g/mol. The number of rotatable bonds is 6. The molecule has 0 spiro atoms. The lowest BCUT2D eigenvalue weighted by Gasteiger charge is -2.36. The van der Waals surface area contributed by atoms with Crippen LogP contribution in [0.3, 0.4) is 0 Å². The van der Waals surface area contributed by atoms with E-state index >= 15 is 0 Å². The summed E-state index contributed by atoms with van der Waals surface area (Å²) in [6.45, 7) is 4.41. The lowest BCUT2D eigenvalue weighted by Crippen LogP contribution is -2.42. The van der Waals surface area contributed by atoms with Crippen LogP contribution in [-0.2, 0) is 17.9 Å². The molecule has 1 N–H and O–H groups in total. The molecule has 33 heavy (non-hydrogen) atoms. The number of aromatic nitrogens is 1. The van der Waals surface area contributed by atoms with Crippen molar-refractivity contribution in [1.82, 2.24) is 14.8 Å². The van der Waals surface area contributed by atoms with Gasteiger partial charge in [0.1, 0.15) is 5.75 Å². The number of carbonyl (C=O) groups excluding carboxylic acids is 1. The maximum atomic E-state index is 13.5. The molecule has 3 aromatic rings. The Morgan fingerprint density at radius 3 is 2.70 bits per heavy atom. The van der Waals surface area contributed by atoms with Crippen LogP contribution in [0.4, 0.5) is 0 Å². The number of hydrogen-bond acceptors (Lipinski definition) is 3. The Morgan fingerprint density at radius 1 is 1.00 bits per heavy atom. The molecule has 0 saturated carbocycles. The number of benzene rings is 2. The fraction of sp³-hybridized carbons (Fsp3) is 0.393. The van der Waals surface area contributed by atoms with E-state index in [2.05, 4.69) is 52.4 Å². The smallest absolute Gasteiger partial charge is 0.226 e. The SMILES string of the molecule is COc1cccc(CN2CC=CCC(C3CCN(Cc4ccc5[nH]ccc5c4)CC3)C2=O)c1. The molecule has 1 saturated heterocycles. The summed E-state index contributed by atoms with van der Waals surface area (Å²) in [6, 6.07) is 16.9. The Kier molecular flexibility index (Phi) is 6.49. The summed E-state index contributed by atoms with van der Waals surface area (Å²) in [6.07, 6.45) is 9.41. The van der Waals surface area contributed by atoms with E-state index in [-0.39, 0.29) is 5.92 Å². The van der Waals surface area contributed by atoms with E-state index in [9.17, 15) is 4.79 Å². The number of aromatic amines is 1. The summed E-state index contributed by atoms with van der Waals surface area (Å²) in [4.78, 5) is 21.3. The molecule has 5 nitrogen and oxygen atoms in total. The van der Waals surface area contributed by atoms with E-state index in [1.165, 1.54) is 16.5 Å². The van der Waals surface area contributed by atoms with Crippen LogP contribution in [0.5, 0.6) is 5.75 Å². The number of amides is 1. The fourth-order valence-corrected chi connectivity index (χ4v) is 5.37. The van der Waals surface area contributed by atoms with Crippen LogP contribution >= 0.6 is 0 Å². The van der Waals surface area contributed by atoms with Crippen molar-refractivity contribution in [3.8, 4) is 5.75 Å². The molecular weight excluding hydrogens is 410 g/mol. The number of nitrogens with one attached hydrogen (secondary N) is 1. The van der Waals surface area contributed by atoms with Gasteiger partial charge in [0.15, 0.2) is 0 Å². The van der Waals surface area contributed by atoms with Crippen molar-refractivity contribution in [3.63, 3.8) is 0 Å². The number of carbonyl (C=O) groups is 1. The summed E-state index contributed by atoms with van der Waals surface area (Å²) in [5, 5.41) is 1.27. The second-order valence-electron chi connectivity index (χ2n) is 9.40. The highest BCUT2D eigenvalue weighted by Crippen LogP contribution is 2.32. The van der Waals surface area contributed by atoms with Gasteiger partial charge >= 0.3 is 0 Å². The number of fused-ring (bicyclic) bond motifs is 1. The minimum atomic E-state index is 0.0905. The quantitative estimate of drug-likeness (QED) is 0.546. The molecule has 3 heterocycles. The zero-order chi connectivity index (χ0) is 22.6. The van der Waals surface area contributed by atoms with Gasteiger partial charge in [0, 0.05) is 37.3 Å². The predicted molar refractivity (Wildman–Crippen MR) is 132 cm³/mol. The van der Waals surface area contributed by atoms with Gasteiger partial charge in [-0.1, -0.05) is 30.4 Å². The monoisotopic (exact) mass is 443 g/mol. The van der Waals surface area contributed by atoms with Crippen molar-refractivity contribution in [2.24, 2.45) is 11.8 Å². The molecule has 1 amide bonds. The van der Waals surface area contributed by atoms with Gasteiger partial charge in [0.2, 0.25) is 5.91 Å². The molecule has 5 rings (SSSR count). The lowest BCUT2D eigenvalue weighted by molar-refractivity contribution is -0.137. The summed E-state index contributed by atoms with van der Waals surface area (Å²) in [5.74, 6) is 1.69. The first kappa shape index (κ1) is 21.8. The van der Waals surface area contributed by atoms with Crippen molar-refractivity contribution in [2.45, 2.75) is 32.4 Å². The van der Waals surface area contributed by atoms with Crippen molar-refractivity contribution >= 4 is 16.8 Å². The summed E-state index contributed by atoms with van der Waals surface area (Å²) in [5.41, 5.74) is 3.67. The molecule has 172 valence electrons. The van der Waals surface area contributed by atoms with E-state index < -0.39 is 0 Å². The van der Waals surface area contributed by atoms with Crippen LogP contribution < -0.4 is 4.74 Å². The molecule has 0 aliphatic carbocycles. The molecule has 1 unspecified atom stereocenters. The minimum absolute atomic E-state index is 0.0905. The molecule has 0 bridgehead atoms. The van der Waals surface area contributed by atoms with Gasteiger partial charge in [-0.25, -0.2) is 0 Å². The second kappa shape index (κ2) is 9.84. The zero-order valence-corrected chi connectivity index (χ0v) is 19.4. The summed E-state index contributed by atoms with van der Waals surface area (Å²) >= 11 is 0. The normalized spacial score (nSPS) is 20.3. The first-order valence-corrected chi connectivity index (χ1v) is 12.0. The Labute approximate surface area is 196 Å². The van der Waals surface area contributed by atoms with Crippen LogP contribution in [0, 0.1) is 11.8 Å². The molecule has 1 fully saturated rings. The van der Waals surface area contributed by atoms with Crippen LogP contribution in [0.2, 0.25) is 0 Å². The summed E-state index contributed by atoms with van der Waals surface area (Å²) in [7, 11) is 1.68. The standard InChI is InChI=1S/C28H33N3O2/c1-33-25-6-4-5-21(18-25)20-31-14-3-2-7-26(28(31)32)23-11-15-30(16-12-23)19-22-8-9-27-24(17-22)10-13-29-27/h2-6,8-10,13,17-18,23,26,29H,7,11-12,14-16,19-20H2,1H3. The van der Waals surface area contributed by atoms with Gasteiger partial charge in [-0.3, -0.25) is 9.69 Å². The Bertz CT molecular complexity index is 1130. The van der Waals surface area contributed by atoms with Crippen molar-refractivity contribution < 1.29 is 9.53 Å². The highest BCUT2D eigenvalue weighted by atomic mass is 16.5. The maximum Gasteiger partial charge on any atom is 0.226 e. The average Bonchev–Trinajstić information content (AvgIpc) is 3.24. The van der Waals surface area contributed by atoms with E-state index in [4.69, 9.17) is 4.74 Å². The molecule has 2 aromatic carbocycles. The van der Waals surface area contributed by atoms with Gasteiger partial charge in [-0.15, -0.1) is 0 Å². The molecule has 1 atom stereocenters. The van der Waals surface area contributed by atoms with Gasteiger partial charge in [0.05, 0.1) is 7.11 Å². The third kappa shape index (κ3) is 4.98. The first-order valence-electron chi connectivity index (χ1n) is 12.0. The van der Waals surface area contributed by atoms with Gasteiger partial charge in [0.25, 0.3) is 0 Å². The van der Waals surface area contributed by atoms with E-state index in [1.807, 2.05) is 29.3 Å². The predicted octanol–water partition coefficient (Wildman–Crippen LogP) is 4.99. The Morgan fingerprint density at radius 2 is 1.85 bits per heavy atom. The third-order valence-electron chi connectivity index (χ3n) is 7.24. The molecular formula is C28H33N3O2. The van der Waals surface area contributed by atoms with Gasteiger partial charge in [-0.05, 0) is 85.1 Å². The van der Waals surface area contributed by atoms with Crippen molar-refractivity contribution in [2.75, 3.05) is 26.7 Å². The molecule has 2 aliphatic rings.